The van der Waals surface area contributed by atoms with Crippen molar-refractivity contribution in [3.63, 3.8) is 0 Å². The first-order chi connectivity index (χ1) is 18.7. The zero-order valence-electron chi connectivity index (χ0n) is 21.7. The van der Waals surface area contributed by atoms with Gasteiger partial charge in [0.05, 0.1) is 22.2 Å². The number of non-ortho nitro benzene ring substituents is 1. The average Bonchev–Trinajstić information content (AvgIpc) is 3.32. The summed E-state index contributed by atoms with van der Waals surface area (Å²) in [6.45, 7) is 4.88. The van der Waals surface area contributed by atoms with Gasteiger partial charge in [0.15, 0.2) is 0 Å². The number of nitro benzene ring substituents is 1. The molecule has 1 aliphatic rings. The van der Waals surface area contributed by atoms with Crippen LogP contribution in [0, 0.1) is 10.1 Å². The molecule has 2 amide bonds. The molecule has 12 heteroatoms. The van der Waals surface area contributed by atoms with Crippen LogP contribution in [0.2, 0.25) is 0 Å². The van der Waals surface area contributed by atoms with E-state index in [9.17, 15) is 32.9 Å². The summed E-state index contributed by atoms with van der Waals surface area (Å²) < 4.78 is 47.7. The van der Waals surface area contributed by atoms with Crippen molar-refractivity contribution in [3.05, 3.63) is 105 Å². The molecule has 3 aromatic rings. The Morgan fingerprint density at radius 3 is 2.25 bits per heavy atom. The number of alkyl halides is 3. The number of ether oxygens (including phenoxy) is 1. The minimum Gasteiger partial charge on any atom is -0.444 e. The van der Waals surface area contributed by atoms with Gasteiger partial charge >= 0.3 is 12.3 Å². The zero-order chi connectivity index (χ0) is 29.2. The molecular formula is C28H25F3N4O5. The van der Waals surface area contributed by atoms with Crippen LogP contribution in [0.1, 0.15) is 60.3 Å². The predicted octanol–water partition coefficient (Wildman–Crippen LogP) is 6.95. The molecule has 4 rings (SSSR count). The Morgan fingerprint density at radius 2 is 1.68 bits per heavy atom. The van der Waals surface area contributed by atoms with Gasteiger partial charge < -0.3 is 4.74 Å². The fourth-order valence-electron chi connectivity index (χ4n) is 4.18. The summed E-state index contributed by atoms with van der Waals surface area (Å²) in [4.78, 5) is 35.9. The van der Waals surface area contributed by atoms with E-state index in [1.165, 1.54) is 36.4 Å². The van der Waals surface area contributed by atoms with Gasteiger partial charge in [-0.25, -0.2) is 9.80 Å². The SMILES string of the molecule is CC(C)(C)OC(=O)Nc1ccc(C2=NN(C(=O)c3ccc([N+](=O)[O-])cc3)C(c3ccccc3)C2)c(C(F)(F)F)c1. The number of nitrogens with zero attached hydrogens (tertiary/aromatic N) is 3. The van der Waals surface area contributed by atoms with Crippen molar-refractivity contribution in [2.24, 2.45) is 5.10 Å². The topological polar surface area (TPSA) is 114 Å². The van der Waals surface area contributed by atoms with Gasteiger partial charge in [0.2, 0.25) is 0 Å². The van der Waals surface area contributed by atoms with Crippen LogP contribution in [0.3, 0.4) is 0 Å². The Balaban J connectivity index is 1.72. The molecule has 208 valence electrons. The number of hydrogen-bond acceptors (Lipinski definition) is 6. The van der Waals surface area contributed by atoms with E-state index in [1.54, 1.807) is 51.1 Å². The Kier molecular flexibility index (Phi) is 7.63. The van der Waals surface area contributed by atoms with Crippen molar-refractivity contribution < 1.29 is 32.4 Å². The molecule has 3 aromatic carbocycles. The molecule has 9 nitrogen and oxygen atoms in total. The molecule has 0 aromatic heterocycles. The van der Waals surface area contributed by atoms with Gasteiger partial charge in [-0.1, -0.05) is 36.4 Å². The molecule has 1 aliphatic heterocycles. The fourth-order valence-corrected chi connectivity index (χ4v) is 4.18. The zero-order valence-corrected chi connectivity index (χ0v) is 21.7. The van der Waals surface area contributed by atoms with Crippen molar-refractivity contribution in [1.29, 1.82) is 0 Å². The normalized spacial score (nSPS) is 15.4. The third-order valence-corrected chi connectivity index (χ3v) is 5.91. The average molecular weight is 555 g/mol. The lowest BCUT2D eigenvalue weighted by atomic mass is 9.95. The van der Waals surface area contributed by atoms with E-state index < -0.39 is 40.3 Å². The van der Waals surface area contributed by atoms with Crippen LogP contribution >= 0.6 is 0 Å². The number of amides is 2. The Labute approximate surface area is 227 Å². The molecular weight excluding hydrogens is 529 g/mol. The standard InChI is InChI=1S/C28H25F3N4O5/c1-27(2,3)40-26(37)32-19-11-14-21(22(15-19)28(29,30)31)23-16-24(17-7-5-4-6-8-17)34(33-23)25(36)18-9-12-20(13-10-18)35(38)39/h4-15,24H,16H2,1-3H3,(H,32,37). The number of hydrogen-bond donors (Lipinski definition) is 1. The highest BCUT2D eigenvalue weighted by molar-refractivity contribution is 6.06. The second-order valence-electron chi connectivity index (χ2n) is 10.0. The number of nitro groups is 1. The number of nitrogens with one attached hydrogen (secondary N) is 1. The summed E-state index contributed by atoms with van der Waals surface area (Å²) in [7, 11) is 0. The van der Waals surface area contributed by atoms with Crippen LogP contribution in [-0.4, -0.2) is 33.2 Å². The molecule has 0 radical (unpaired) electrons. The molecule has 1 unspecified atom stereocenters. The number of benzene rings is 3. The van der Waals surface area contributed by atoms with Crippen LogP contribution in [0.25, 0.3) is 0 Å². The summed E-state index contributed by atoms with van der Waals surface area (Å²) in [6, 6.07) is 16.2. The van der Waals surface area contributed by atoms with E-state index >= 15 is 0 Å². The van der Waals surface area contributed by atoms with Gasteiger partial charge in [0.25, 0.3) is 11.6 Å². The van der Waals surface area contributed by atoms with Gasteiger partial charge in [-0.3, -0.25) is 20.2 Å². The van der Waals surface area contributed by atoms with Crippen molar-refractivity contribution in [2.45, 2.75) is 45.0 Å². The molecule has 1 heterocycles. The summed E-state index contributed by atoms with van der Waals surface area (Å²) in [6.07, 6.45) is -5.73. The molecule has 0 saturated carbocycles. The molecule has 0 fully saturated rings. The maximum Gasteiger partial charge on any atom is 0.417 e. The summed E-state index contributed by atoms with van der Waals surface area (Å²) in [5.41, 5.74) is -1.72. The van der Waals surface area contributed by atoms with E-state index in [0.717, 1.165) is 11.1 Å². The van der Waals surface area contributed by atoms with E-state index in [2.05, 4.69) is 10.4 Å². The van der Waals surface area contributed by atoms with E-state index in [0.29, 0.717) is 5.56 Å². The minimum absolute atomic E-state index is 0.0141. The predicted molar refractivity (Wildman–Crippen MR) is 141 cm³/mol. The first kappa shape index (κ1) is 28.3. The van der Waals surface area contributed by atoms with Crippen LogP contribution in [0.15, 0.2) is 77.9 Å². The van der Waals surface area contributed by atoms with Crippen molar-refractivity contribution in [3.8, 4) is 0 Å². The van der Waals surface area contributed by atoms with Crippen LogP contribution in [0.5, 0.6) is 0 Å². The lowest BCUT2D eigenvalue weighted by molar-refractivity contribution is -0.384. The summed E-state index contributed by atoms with van der Waals surface area (Å²) in [5.74, 6) is -0.629. The van der Waals surface area contributed by atoms with E-state index in [1.807, 2.05) is 0 Å². The fraction of sp³-hybridized carbons (Fsp3) is 0.250. The highest BCUT2D eigenvalue weighted by atomic mass is 19.4. The lowest BCUT2D eigenvalue weighted by Crippen LogP contribution is -2.27. The molecule has 40 heavy (non-hydrogen) atoms. The monoisotopic (exact) mass is 554 g/mol. The first-order valence-corrected chi connectivity index (χ1v) is 12.1. The number of halogens is 3. The number of hydrazone groups is 1. The molecule has 1 N–H and O–H groups in total. The largest absolute Gasteiger partial charge is 0.444 e. The minimum atomic E-state index is -4.80. The molecule has 1 atom stereocenters. The van der Waals surface area contributed by atoms with Crippen LogP contribution in [-0.2, 0) is 10.9 Å². The summed E-state index contributed by atoms with van der Waals surface area (Å²) >= 11 is 0. The summed E-state index contributed by atoms with van der Waals surface area (Å²) in [5, 5.41) is 18.7. The number of rotatable bonds is 5. The maximum atomic E-state index is 14.2. The number of carbonyl (C=O) groups excluding carboxylic acids is 2. The van der Waals surface area contributed by atoms with Gasteiger partial charge in [0.1, 0.15) is 5.60 Å². The Hall–Kier alpha value is -4.74. The van der Waals surface area contributed by atoms with Gasteiger partial charge in [0, 0.05) is 35.4 Å². The molecule has 0 bridgehead atoms. The van der Waals surface area contributed by atoms with Crippen LogP contribution in [0.4, 0.5) is 29.3 Å². The molecule has 0 aliphatic carbocycles. The highest BCUT2D eigenvalue weighted by Crippen LogP contribution is 2.39. The Bertz CT molecular complexity index is 1470. The first-order valence-electron chi connectivity index (χ1n) is 12.1. The molecule has 0 saturated heterocycles. The van der Waals surface area contributed by atoms with Crippen LogP contribution < -0.4 is 5.32 Å². The van der Waals surface area contributed by atoms with E-state index in [4.69, 9.17) is 4.74 Å². The van der Waals surface area contributed by atoms with Gasteiger partial charge in [-0.2, -0.15) is 18.3 Å². The highest BCUT2D eigenvalue weighted by Gasteiger charge is 2.39. The molecule has 0 spiro atoms. The van der Waals surface area contributed by atoms with Gasteiger partial charge in [-0.05, 0) is 50.6 Å². The second-order valence-corrected chi connectivity index (χ2v) is 10.0. The van der Waals surface area contributed by atoms with Gasteiger partial charge in [-0.15, -0.1) is 0 Å². The third-order valence-electron chi connectivity index (χ3n) is 5.91. The number of anilines is 1. The number of carbonyl (C=O) groups is 2. The van der Waals surface area contributed by atoms with Crippen molar-refractivity contribution in [2.75, 3.05) is 5.32 Å². The van der Waals surface area contributed by atoms with Crippen molar-refractivity contribution in [1.82, 2.24) is 5.01 Å². The smallest absolute Gasteiger partial charge is 0.417 e. The second kappa shape index (κ2) is 10.8. The lowest BCUT2D eigenvalue weighted by Gasteiger charge is -2.22. The Morgan fingerprint density at radius 1 is 1.02 bits per heavy atom. The third kappa shape index (κ3) is 6.45. The van der Waals surface area contributed by atoms with Crippen molar-refractivity contribution >= 4 is 29.1 Å². The van der Waals surface area contributed by atoms with E-state index in [-0.39, 0.29) is 34.6 Å². The quantitative estimate of drug-likeness (QED) is 0.271. The maximum absolute atomic E-state index is 14.2.